The summed E-state index contributed by atoms with van der Waals surface area (Å²) in [6, 6.07) is 6.72. The molecule has 7 heteroatoms. The van der Waals surface area contributed by atoms with E-state index < -0.39 is 5.97 Å². The van der Waals surface area contributed by atoms with Crippen molar-refractivity contribution in [1.29, 1.82) is 0 Å². The van der Waals surface area contributed by atoms with Crippen LogP contribution in [0.5, 0.6) is 11.5 Å². The average Bonchev–Trinajstić information content (AvgIpc) is 2.53. The van der Waals surface area contributed by atoms with Crippen LogP contribution in [0.3, 0.4) is 0 Å². The molecule has 0 heterocycles. The van der Waals surface area contributed by atoms with Crippen molar-refractivity contribution < 1.29 is 19.7 Å². The number of carboxylic acid groups (broad SMARTS) is 1. The van der Waals surface area contributed by atoms with Gasteiger partial charge < -0.3 is 14.9 Å². The summed E-state index contributed by atoms with van der Waals surface area (Å²) in [4.78, 5) is 15.6. The summed E-state index contributed by atoms with van der Waals surface area (Å²) in [5.41, 5.74) is 3.79. The Hall–Kier alpha value is -2.69. The second kappa shape index (κ2) is 7.25. The Kier molecular flexibility index (Phi) is 5.34. The smallest absolute Gasteiger partial charge is 0.336 e. The highest BCUT2D eigenvalue weighted by Gasteiger charge is 2.13. The standard InChI is InChI=1S/C17H19B2NO4/c1-3-24-14-7-12(18)15(19)11(16(14)21)8-20-13-6-4-5-10(9(13)2)17(22)23/h4-8,21H,3,18-19H2,1-2H3,(H,22,23)/b20-8+. The molecule has 0 aliphatic heterocycles. The van der Waals surface area contributed by atoms with E-state index in [1.54, 1.807) is 37.4 Å². The number of carboxylic acids is 1. The maximum atomic E-state index is 11.2. The highest BCUT2D eigenvalue weighted by molar-refractivity contribution is 6.50. The van der Waals surface area contributed by atoms with Crippen LogP contribution in [0.25, 0.3) is 0 Å². The van der Waals surface area contributed by atoms with Crippen molar-refractivity contribution in [2.75, 3.05) is 6.61 Å². The fraction of sp³-hybridized carbons (Fsp3) is 0.176. The first-order chi connectivity index (χ1) is 11.4. The van der Waals surface area contributed by atoms with Crippen molar-refractivity contribution in [3.05, 3.63) is 41.0 Å². The summed E-state index contributed by atoms with van der Waals surface area (Å²) in [5.74, 6) is -0.536. The van der Waals surface area contributed by atoms with Crippen LogP contribution in [0.4, 0.5) is 5.69 Å². The molecule has 24 heavy (non-hydrogen) atoms. The Labute approximate surface area is 142 Å². The van der Waals surface area contributed by atoms with Gasteiger partial charge in [0.05, 0.1) is 17.9 Å². The van der Waals surface area contributed by atoms with Crippen molar-refractivity contribution >= 4 is 44.5 Å². The first-order valence-corrected chi connectivity index (χ1v) is 7.69. The van der Waals surface area contributed by atoms with Gasteiger partial charge in [0.15, 0.2) is 11.5 Å². The summed E-state index contributed by atoms with van der Waals surface area (Å²) in [5, 5.41) is 19.6. The van der Waals surface area contributed by atoms with Crippen LogP contribution in [0.1, 0.15) is 28.4 Å². The topological polar surface area (TPSA) is 79.1 Å². The molecule has 5 nitrogen and oxygen atoms in total. The number of aliphatic imine (C=N–C) groups is 1. The average molecular weight is 323 g/mol. The third-order valence-electron chi connectivity index (χ3n) is 4.00. The lowest BCUT2D eigenvalue weighted by molar-refractivity contribution is 0.0696. The minimum Gasteiger partial charge on any atom is -0.504 e. The molecule has 0 atom stereocenters. The molecule has 2 N–H and O–H groups in total. The van der Waals surface area contributed by atoms with Crippen LogP contribution in [-0.2, 0) is 0 Å². The molecule has 122 valence electrons. The Morgan fingerprint density at radius 2 is 2.08 bits per heavy atom. The molecular formula is C17H19B2NO4. The van der Waals surface area contributed by atoms with Crippen LogP contribution < -0.4 is 15.7 Å². The normalized spacial score (nSPS) is 10.9. The molecule has 0 aromatic heterocycles. The Morgan fingerprint density at radius 1 is 1.38 bits per heavy atom. The summed E-state index contributed by atoms with van der Waals surface area (Å²) >= 11 is 0. The van der Waals surface area contributed by atoms with Crippen LogP contribution in [0.15, 0.2) is 29.3 Å². The number of nitrogens with zero attached hydrogens (tertiary/aromatic N) is 1. The van der Waals surface area contributed by atoms with Gasteiger partial charge in [0.25, 0.3) is 0 Å². The van der Waals surface area contributed by atoms with E-state index in [1.807, 2.05) is 22.6 Å². The summed E-state index contributed by atoms with van der Waals surface area (Å²) < 4.78 is 5.45. The molecule has 0 saturated carbocycles. The summed E-state index contributed by atoms with van der Waals surface area (Å²) in [7, 11) is 3.83. The fourth-order valence-corrected chi connectivity index (χ4v) is 2.45. The molecule has 0 saturated heterocycles. The lowest BCUT2D eigenvalue weighted by Crippen LogP contribution is -2.29. The van der Waals surface area contributed by atoms with E-state index >= 15 is 0 Å². The summed E-state index contributed by atoms with van der Waals surface area (Å²) in [6.45, 7) is 4.01. The highest BCUT2D eigenvalue weighted by atomic mass is 16.5. The maximum absolute atomic E-state index is 11.2. The predicted molar refractivity (Wildman–Crippen MR) is 101 cm³/mol. The number of benzene rings is 2. The number of phenols is 1. The second-order valence-electron chi connectivity index (χ2n) is 5.52. The Bertz CT molecular complexity index is 819. The predicted octanol–water partition coefficient (Wildman–Crippen LogP) is 0.0649. The van der Waals surface area contributed by atoms with Crippen molar-refractivity contribution in [3.63, 3.8) is 0 Å². The lowest BCUT2D eigenvalue weighted by Gasteiger charge is -2.13. The molecule has 0 aliphatic carbocycles. The van der Waals surface area contributed by atoms with Gasteiger partial charge in [0.2, 0.25) is 0 Å². The number of ether oxygens (including phenoxy) is 1. The number of hydrogen-bond donors (Lipinski definition) is 2. The molecule has 0 unspecified atom stereocenters. The minimum atomic E-state index is -0.988. The van der Waals surface area contributed by atoms with E-state index in [0.29, 0.717) is 29.2 Å². The van der Waals surface area contributed by atoms with E-state index in [9.17, 15) is 15.0 Å². The van der Waals surface area contributed by atoms with Gasteiger partial charge in [-0.1, -0.05) is 17.0 Å². The minimum absolute atomic E-state index is 0.0377. The van der Waals surface area contributed by atoms with Crippen molar-refractivity contribution in [3.8, 4) is 11.5 Å². The molecule has 2 rings (SSSR count). The lowest BCUT2D eigenvalue weighted by atomic mass is 9.77. The molecule has 0 spiro atoms. The number of aromatic hydroxyl groups is 1. The van der Waals surface area contributed by atoms with E-state index in [-0.39, 0.29) is 11.3 Å². The largest absolute Gasteiger partial charge is 0.504 e. The van der Waals surface area contributed by atoms with Crippen molar-refractivity contribution in [2.24, 2.45) is 4.99 Å². The quantitative estimate of drug-likeness (QED) is 0.603. The van der Waals surface area contributed by atoms with Crippen molar-refractivity contribution in [2.45, 2.75) is 13.8 Å². The van der Waals surface area contributed by atoms with Gasteiger partial charge in [-0.3, -0.25) is 4.99 Å². The maximum Gasteiger partial charge on any atom is 0.336 e. The monoisotopic (exact) mass is 323 g/mol. The first kappa shape index (κ1) is 17.7. The van der Waals surface area contributed by atoms with Gasteiger partial charge in [0, 0.05) is 11.8 Å². The fourth-order valence-electron chi connectivity index (χ4n) is 2.45. The summed E-state index contributed by atoms with van der Waals surface area (Å²) in [6.07, 6.45) is 1.55. The van der Waals surface area contributed by atoms with Crippen LogP contribution in [-0.4, -0.2) is 44.7 Å². The van der Waals surface area contributed by atoms with Crippen LogP contribution in [0.2, 0.25) is 0 Å². The number of hydrogen-bond acceptors (Lipinski definition) is 4. The molecule has 2 aromatic carbocycles. The third-order valence-corrected chi connectivity index (χ3v) is 4.00. The van der Waals surface area contributed by atoms with Gasteiger partial charge in [-0.05, 0) is 37.6 Å². The number of aromatic carboxylic acids is 1. The number of rotatable bonds is 5. The Balaban J connectivity index is 2.50. The zero-order valence-corrected chi connectivity index (χ0v) is 14.3. The van der Waals surface area contributed by atoms with E-state index in [2.05, 4.69) is 4.99 Å². The van der Waals surface area contributed by atoms with Crippen LogP contribution >= 0.6 is 0 Å². The van der Waals surface area contributed by atoms with Gasteiger partial charge in [-0.15, -0.1) is 0 Å². The van der Waals surface area contributed by atoms with Gasteiger partial charge in [-0.2, -0.15) is 0 Å². The molecule has 0 bridgehead atoms. The first-order valence-electron chi connectivity index (χ1n) is 7.69. The molecular weight excluding hydrogens is 304 g/mol. The molecule has 0 fully saturated rings. The van der Waals surface area contributed by atoms with E-state index in [0.717, 1.165) is 10.9 Å². The Morgan fingerprint density at radius 3 is 2.71 bits per heavy atom. The van der Waals surface area contributed by atoms with Gasteiger partial charge in [-0.25, -0.2) is 4.79 Å². The molecule has 2 aromatic rings. The number of phenolic OH excluding ortho intramolecular Hbond substituents is 1. The van der Waals surface area contributed by atoms with E-state index in [4.69, 9.17) is 4.74 Å². The molecule has 0 radical (unpaired) electrons. The molecule has 0 amide bonds. The third kappa shape index (κ3) is 3.45. The second-order valence-corrected chi connectivity index (χ2v) is 5.52. The van der Waals surface area contributed by atoms with Gasteiger partial charge >= 0.3 is 5.97 Å². The zero-order valence-electron chi connectivity index (χ0n) is 14.3. The highest BCUT2D eigenvalue weighted by Crippen LogP contribution is 2.28. The zero-order chi connectivity index (χ0) is 17.9. The van der Waals surface area contributed by atoms with Crippen LogP contribution in [0, 0.1) is 6.92 Å². The SMILES string of the molecule is Bc1cc(OCC)c(O)c(/C=N/c2cccc(C(=O)O)c2C)c1B. The van der Waals surface area contributed by atoms with E-state index in [1.165, 1.54) is 0 Å². The van der Waals surface area contributed by atoms with Crippen molar-refractivity contribution in [1.82, 2.24) is 0 Å². The van der Waals surface area contributed by atoms with Gasteiger partial charge in [0.1, 0.15) is 15.7 Å². The number of carbonyl (C=O) groups is 1. The molecule has 0 aliphatic rings.